The zero-order valence-corrected chi connectivity index (χ0v) is 8.70. The third-order valence-electron chi connectivity index (χ3n) is 2.03. The molecule has 1 aromatic heterocycles. The van der Waals surface area contributed by atoms with Gasteiger partial charge in [0.15, 0.2) is 0 Å². The van der Waals surface area contributed by atoms with Crippen molar-refractivity contribution in [2.75, 3.05) is 5.75 Å². The molecule has 0 radical (unpaired) electrons. The van der Waals surface area contributed by atoms with E-state index >= 15 is 0 Å². The van der Waals surface area contributed by atoms with Gasteiger partial charge in [-0.25, -0.2) is 0 Å². The van der Waals surface area contributed by atoms with Gasteiger partial charge >= 0.3 is 0 Å². The van der Waals surface area contributed by atoms with Gasteiger partial charge in [-0.15, -0.1) is 11.3 Å². The molecule has 1 fully saturated rings. The van der Waals surface area contributed by atoms with Gasteiger partial charge in [-0.05, 0) is 24.3 Å². The fraction of sp³-hybridized carbons (Fsp3) is 0.444. The summed E-state index contributed by atoms with van der Waals surface area (Å²) in [5.41, 5.74) is 0. The highest BCUT2D eigenvalue weighted by Gasteiger charge is 2.30. The maximum absolute atomic E-state index is 11.5. The molecule has 0 N–H and O–H groups in total. The van der Waals surface area contributed by atoms with Crippen LogP contribution in [0.4, 0.5) is 0 Å². The second-order valence-electron chi connectivity index (χ2n) is 3.16. The van der Waals surface area contributed by atoms with E-state index in [1.54, 1.807) is 0 Å². The summed E-state index contributed by atoms with van der Waals surface area (Å²) < 4.78 is 12.4. The predicted octanol–water partition coefficient (Wildman–Crippen LogP) is 1.83. The standard InChI is InChI=1S/C9H10O2S2/c10-8(7-3-4-7)6-13(11)9-2-1-5-12-9/h1-2,5,7H,3-4,6H2. The van der Waals surface area contributed by atoms with E-state index in [1.165, 1.54) is 11.3 Å². The molecular formula is C9H10O2S2. The van der Waals surface area contributed by atoms with Gasteiger partial charge in [-0.1, -0.05) is 6.07 Å². The fourth-order valence-electron chi connectivity index (χ4n) is 1.12. The number of rotatable bonds is 4. The lowest BCUT2D eigenvalue weighted by Crippen LogP contribution is -2.11. The highest BCUT2D eigenvalue weighted by atomic mass is 32.2. The van der Waals surface area contributed by atoms with Gasteiger partial charge in [-0.3, -0.25) is 9.00 Å². The highest BCUT2D eigenvalue weighted by molar-refractivity contribution is 7.88. The first-order valence-electron chi connectivity index (χ1n) is 4.22. The number of hydrogen-bond acceptors (Lipinski definition) is 3. The van der Waals surface area contributed by atoms with Crippen molar-refractivity contribution in [2.24, 2.45) is 5.92 Å². The molecule has 1 saturated carbocycles. The van der Waals surface area contributed by atoms with E-state index in [4.69, 9.17) is 0 Å². The predicted molar refractivity (Wildman–Crippen MR) is 53.3 cm³/mol. The molecule has 4 heteroatoms. The summed E-state index contributed by atoms with van der Waals surface area (Å²) in [6.07, 6.45) is 2.00. The van der Waals surface area contributed by atoms with Gasteiger partial charge in [0.1, 0.15) is 5.78 Å². The molecule has 1 unspecified atom stereocenters. The quantitative estimate of drug-likeness (QED) is 0.766. The number of hydrogen-bond donors (Lipinski definition) is 0. The van der Waals surface area contributed by atoms with Crippen molar-refractivity contribution in [3.05, 3.63) is 17.5 Å². The van der Waals surface area contributed by atoms with Gasteiger partial charge in [-0.2, -0.15) is 0 Å². The molecular weight excluding hydrogens is 204 g/mol. The Kier molecular flexibility index (Phi) is 2.60. The molecule has 13 heavy (non-hydrogen) atoms. The molecule has 0 amide bonds. The molecule has 1 aliphatic carbocycles. The molecule has 1 aliphatic rings. The molecule has 1 aromatic rings. The van der Waals surface area contributed by atoms with Crippen LogP contribution in [-0.4, -0.2) is 15.7 Å². The topological polar surface area (TPSA) is 34.1 Å². The Labute approximate surface area is 83.4 Å². The molecule has 0 aliphatic heterocycles. The Morgan fingerprint density at radius 2 is 2.38 bits per heavy atom. The van der Waals surface area contributed by atoms with Gasteiger partial charge < -0.3 is 0 Å². The average Bonchev–Trinajstić information content (AvgIpc) is 2.81. The smallest absolute Gasteiger partial charge is 0.148 e. The number of thiophene rings is 1. The Hall–Kier alpha value is -0.480. The lowest BCUT2D eigenvalue weighted by Gasteiger charge is -1.96. The van der Waals surface area contributed by atoms with E-state index in [1.807, 2.05) is 17.5 Å². The lowest BCUT2D eigenvalue weighted by atomic mass is 10.3. The maximum Gasteiger partial charge on any atom is 0.148 e. The highest BCUT2D eigenvalue weighted by Crippen LogP contribution is 2.30. The normalized spacial score (nSPS) is 18.5. The molecule has 0 bridgehead atoms. The summed E-state index contributed by atoms with van der Waals surface area (Å²) in [6.45, 7) is 0. The fourth-order valence-corrected chi connectivity index (χ4v) is 3.20. The summed E-state index contributed by atoms with van der Waals surface area (Å²) in [7, 11) is -1.09. The lowest BCUT2D eigenvalue weighted by molar-refractivity contribution is -0.117. The van der Waals surface area contributed by atoms with Crippen LogP contribution >= 0.6 is 11.3 Å². The van der Waals surface area contributed by atoms with Crippen molar-refractivity contribution in [3.8, 4) is 0 Å². The minimum atomic E-state index is -1.09. The SMILES string of the molecule is O=C(CS(=O)c1cccs1)C1CC1. The van der Waals surface area contributed by atoms with Crippen LogP contribution in [0.15, 0.2) is 21.7 Å². The minimum absolute atomic E-state index is 0.173. The van der Waals surface area contributed by atoms with Crippen molar-refractivity contribution in [2.45, 2.75) is 17.1 Å². The molecule has 70 valence electrons. The van der Waals surface area contributed by atoms with E-state index < -0.39 is 10.8 Å². The first-order valence-corrected chi connectivity index (χ1v) is 6.42. The van der Waals surface area contributed by atoms with Crippen LogP contribution in [0.2, 0.25) is 0 Å². The van der Waals surface area contributed by atoms with Gasteiger partial charge in [0.05, 0.1) is 20.8 Å². The molecule has 1 heterocycles. The van der Waals surface area contributed by atoms with Crippen LogP contribution in [0.3, 0.4) is 0 Å². The third kappa shape index (κ3) is 2.25. The molecule has 0 aromatic carbocycles. The first kappa shape index (κ1) is 9.09. The summed E-state index contributed by atoms with van der Waals surface area (Å²) in [6, 6.07) is 3.68. The van der Waals surface area contributed by atoms with E-state index in [9.17, 15) is 9.00 Å². The third-order valence-corrected chi connectivity index (χ3v) is 4.67. The molecule has 2 nitrogen and oxygen atoms in total. The zero-order valence-electron chi connectivity index (χ0n) is 7.06. The van der Waals surface area contributed by atoms with Gasteiger partial charge in [0, 0.05) is 5.92 Å². The van der Waals surface area contributed by atoms with Gasteiger partial charge in [0.2, 0.25) is 0 Å². The van der Waals surface area contributed by atoms with Crippen molar-refractivity contribution in [1.82, 2.24) is 0 Å². The molecule has 2 rings (SSSR count). The van der Waals surface area contributed by atoms with Crippen LogP contribution in [0.1, 0.15) is 12.8 Å². The maximum atomic E-state index is 11.5. The van der Waals surface area contributed by atoms with Crippen molar-refractivity contribution >= 4 is 27.9 Å². The molecule has 1 atom stereocenters. The van der Waals surface area contributed by atoms with Crippen LogP contribution in [0, 0.1) is 5.92 Å². The molecule has 0 spiro atoms. The Bertz CT molecular complexity index is 325. The van der Waals surface area contributed by atoms with E-state index in [-0.39, 0.29) is 17.5 Å². The van der Waals surface area contributed by atoms with E-state index in [0.29, 0.717) is 0 Å². The average molecular weight is 214 g/mol. The van der Waals surface area contributed by atoms with Crippen molar-refractivity contribution in [1.29, 1.82) is 0 Å². The van der Waals surface area contributed by atoms with Crippen LogP contribution < -0.4 is 0 Å². The largest absolute Gasteiger partial charge is 0.298 e. The second kappa shape index (κ2) is 3.72. The van der Waals surface area contributed by atoms with Crippen LogP contribution in [0.25, 0.3) is 0 Å². The summed E-state index contributed by atoms with van der Waals surface area (Å²) in [5.74, 6) is 0.612. The Morgan fingerprint density at radius 1 is 1.62 bits per heavy atom. The summed E-state index contributed by atoms with van der Waals surface area (Å²) in [4.78, 5) is 11.3. The summed E-state index contributed by atoms with van der Waals surface area (Å²) in [5, 5.41) is 1.88. The van der Waals surface area contributed by atoms with E-state index in [0.717, 1.165) is 17.1 Å². The van der Waals surface area contributed by atoms with Crippen molar-refractivity contribution < 1.29 is 9.00 Å². The van der Waals surface area contributed by atoms with Crippen LogP contribution in [-0.2, 0) is 15.6 Å². The number of carbonyl (C=O) groups excluding carboxylic acids is 1. The minimum Gasteiger partial charge on any atom is -0.298 e. The van der Waals surface area contributed by atoms with Gasteiger partial charge in [0.25, 0.3) is 0 Å². The number of carbonyl (C=O) groups is 1. The number of Topliss-reactive ketones (excluding diaryl/α,β-unsaturated/α-hetero) is 1. The number of ketones is 1. The van der Waals surface area contributed by atoms with Crippen LogP contribution in [0.5, 0.6) is 0 Å². The Morgan fingerprint density at radius 3 is 2.92 bits per heavy atom. The second-order valence-corrected chi connectivity index (χ2v) is 5.79. The summed E-state index contributed by atoms with van der Waals surface area (Å²) >= 11 is 1.45. The van der Waals surface area contributed by atoms with Crippen molar-refractivity contribution in [3.63, 3.8) is 0 Å². The first-order chi connectivity index (χ1) is 6.27. The Balaban J connectivity index is 1.95. The monoisotopic (exact) mass is 214 g/mol. The van der Waals surface area contributed by atoms with E-state index in [2.05, 4.69) is 0 Å². The zero-order chi connectivity index (χ0) is 9.26. The molecule has 0 saturated heterocycles.